The Morgan fingerprint density at radius 2 is 2.03 bits per heavy atom. The summed E-state index contributed by atoms with van der Waals surface area (Å²) in [6.07, 6.45) is 1.39. The predicted molar refractivity (Wildman–Crippen MR) is 145 cm³/mol. The highest BCUT2D eigenvalue weighted by Gasteiger charge is 2.36. The third kappa shape index (κ3) is 5.20. The molecule has 0 radical (unpaired) electrons. The number of fused-ring (bicyclic) bond motifs is 1. The van der Waals surface area contributed by atoms with Gasteiger partial charge in [0, 0.05) is 5.75 Å². The number of nitrogens with one attached hydrogen (secondary N) is 1. The van der Waals surface area contributed by atoms with Gasteiger partial charge in [0.15, 0.2) is 10.2 Å². The van der Waals surface area contributed by atoms with Crippen molar-refractivity contribution in [2.24, 2.45) is 10.1 Å². The van der Waals surface area contributed by atoms with Gasteiger partial charge in [-0.15, -0.1) is 5.10 Å². The average Bonchev–Trinajstić information content (AvgIpc) is 3.53. The lowest BCUT2D eigenvalue weighted by molar-refractivity contribution is -0.384. The van der Waals surface area contributed by atoms with Crippen LogP contribution in [-0.2, 0) is 10.5 Å². The van der Waals surface area contributed by atoms with Gasteiger partial charge in [0.2, 0.25) is 5.17 Å². The third-order valence-corrected chi connectivity index (χ3v) is 7.41. The smallest absolute Gasteiger partial charge is 0.284 e. The molecule has 0 fully saturated rings. The molecule has 0 saturated heterocycles. The van der Waals surface area contributed by atoms with Crippen LogP contribution in [0.5, 0.6) is 5.75 Å². The Morgan fingerprint density at radius 1 is 1.22 bits per heavy atom. The van der Waals surface area contributed by atoms with Crippen molar-refractivity contribution < 1.29 is 18.9 Å². The molecule has 1 amide bonds. The second-order valence-corrected chi connectivity index (χ2v) is 9.91. The number of hydrogen-bond acceptors (Lipinski definition) is 9. The van der Waals surface area contributed by atoms with E-state index >= 15 is 0 Å². The van der Waals surface area contributed by atoms with Crippen LogP contribution in [0.3, 0.4) is 0 Å². The minimum atomic E-state index is -0.585. The molecule has 5 rings (SSSR count). The van der Waals surface area contributed by atoms with Crippen LogP contribution in [0.25, 0.3) is 17.4 Å². The molecular weight excluding hydrogens is 514 g/mol. The fraction of sp³-hybridized carbons (Fsp3) is 0.120. The van der Waals surface area contributed by atoms with Crippen molar-refractivity contribution in [1.29, 1.82) is 5.41 Å². The summed E-state index contributed by atoms with van der Waals surface area (Å²) < 4.78 is 11.8. The molecule has 0 spiro atoms. The number of hydrazone groups is 1. The number of thioether (sulfide) groups is 2. The van der Waals surface area contributed by atoms with Crippen molar-refractivity contribution in [3.05, 3.63) is 87.7 Å². The zero-order valence-corrected chi connectivity index (χ0v) is 21.0. The van der Waals surface area contributed by atoms with Gasteiger partial charge in [-0.1, -0.05) is 42.1 Å². The lowest BCUT2D eigenvalue weighted by Crippen LogP contribution is -2.35. The SMILES string of the molecule is CCOc1ccc(-c2ccc(/C=C3/C(=N)N4N=C(SCc5ccccc5)SC4=NC3=O)o2)c([N+](=O)[O-])c1. The monoisotopic (exact) mass is 533 g/mol. The van der Waals surface area contributed by atoms with Crippen LogP contribution in [0.4, 0.5) is 5.69 Å². The van der Waals surface area contributed by atoms with E-state index in [2.05, 4.69) is 10.1 Å². The van der Waals surface area contributed by atoms with Crippen molar-refractivity contribution >= 4 is 56.6 Å². The number of nitrogens with zero attached hydrogens (tertiary/aromatic N) is 4. The average molecular weight is 534 g/mol. The maximum atomic E-state index is 12.7. The summed E-state index contributed by atoms with van der Waals surface area (Å²) in [6, 6.07) is 17.6. The van der Waals surface area contributed by atoms with Gasteiger partial charge < -0.3 is 9.15 Å². The van der Waals surface area contributed by atoms with E-state index in [0.717, 1.165) is 5.56 Å². The fourth-order valence-corrected chi connectivity index (χ4v) is 5.48. The number of hydrogen-bond donors (Lipinski definition) is 1. The van der Waals surface area contributed by atoms with E-state index in [-0.39, 0.29) is 34.2 Å². The number of amides is 1. The molecule has 2 aliphatic rings. The van der Waals surface area contributed by atoms with E-state index in [4.69, 9.17) is 14.6 Å². The highest BCUT2D eigenvalue weighted by Crippen LogP contribution is 2.36. The third-order valence-electron chi connectivity index (χ3n) is 5.30. The Morgan fingerprint density at radius 3 is 2.78 bits per heavy atom. The Labute approximate surface area is 219 Å². The number of rotatable bonds is 7. The topological polar surface area (TPSA) is 134 Å². The number of nitro groups is 1. The molecule has 0 bridgehead atoms. The first-order valence-corrected chi connectivity index (χ1v) is 12.9. The summed E-state index contributed by atoms with van der Waals surface area (Å²) in [4.78, 5) is 27.9. The van der Waals surface area contributed by atoms with E-state index in [9.17, 15) is 14.9 Å². The van der Waals surface area contributed by atoms with Gasteiger partial charge >= 0.3 is 0 Å². The lowest BCUT2D eigenvalue weighted by atomic mass is 10.1. The first-order chi connectivity index (χ1) is 17.9. The van der Waals surface area contributed by atoms with Crippen LogP contribution in [0, 0.1) is 15.5 Å². The normalized spacial score (nSPS) is 16.0. The summed E-state index contributed by atoms with van der Waals surface area (Å²) in [5.74, 6) is 0.868. The highest BCUT2D eigenvalue weighted by molar-refractivity contribution is 8.45. The number of carbonyl (C=O) groups excluding carboxylic acids is 1. The molecule has 186 valence electrons. The predicted octanol–water partition coefficient (Wildman–Crippen LogP) is 5.76. The number of benzene rings is 2. The van der Waals surface area contributed by atoms with E-state index in [1.807, 2.05) is 30.3 Å². The largest absolute Gasteiger partial charge is 0.494 e. The van der Waals surface area contributed by atoms with Crippen LogP contribution < -0.4 is 4.74 Å². The van der Waals surface area contributed by atoms with Crippen LogP contribution in [0.2, 0.25) is 0 Å². The highest BCUT2D eigenvalue weighted by atomic mass is 32.2. The molecule has 0 saturated carbocycles. The lowest BCUT2D eigenvalue weighted by Gasteiger charge is -2.19. The van der Waals surface area contributed by atoms with Gasteiger partial charge in [-0.2, -0.15) is 10.0 Å². The molecule has 2 aliphatic heterocycles. The van der Waals surface area contributed by atoms with Gasteiger partial charge in [0.05, 0.1) is 28.7 Å². The second-order valence-electron chi connectivity index (χ2n) is 7.73. The maximum Gasteiger partial charge on any atom is 0.284 e. The number of nitro benzene ring substituents is 1. The molecule has 1 aromatic heterocycles. The van der Waals surface area contributed by atoms with E-state index in [1.54, 1.807) is 31.2 Å². The minimum Gasteiger partial charge on any atom is -0.494 e. The summed E-state index contributed by atoms with van der Waals surface area (Å²) in [5.41, 5.74) is 1.24. The Bertz CT molecular complexity index is 1500. The van der Waals surface area contributed by atoms with Crippen molar-refractivity contribution in [3.63, 3.8) is 0 Å². The Balaban J connectivity index is 1.36. The van der Waals surface area contributed by atoms with Gasteiger partial charge in [0.1, 0.15) is 17.3 Å². The van der Waals surface area contributed by atoms with Gasteiger partial charge in [-0.05, 0) is 54.6 Å². The molecule has 1 N–H and O–H groups in total. The van der Waals surface area contributed by atoms with Gasteiger partial charge in [-0.3, -0.25) is 20.3 Å². The van der Waals surface area contributed by atoms with Crippen molar-refractivity contribution in [2.45, 2.75) is 12.7 Å². The van der Waals surface area contributed by atoms with E-state index < -0.39 is 10.8 Å². The molecule has 2 aromatic carbocycles. The van der Waals surface area contributed by atoms with Crippen molar-refractivity contribution in [1.82, 2.24) is 5.01 Å². The molecule has 0 aliphatic carbocycles. The fourth-order valence-electron chi connectivity index (χ4n) is 3.60. The molecule has 3 aromatic rings. The first kappa shape index (κ1) is 24.5. The zero-order valence-electron chi connectivity index (χ0n) is 19.4. The van der Waals surface area contributed by atoms with Crippen LogP contribution >= 0.6 is 23.5 Å². The number of carbonyl (C=O) groups is 1. The molecule has 3 heterocycles. The standard InChI is InChI=1S/C25H19N5O5S2/c1-2-34-16-8-10-18(20(13-16)30(32)33)21-11-9-17(35-21)12-19-22(26)29-24(27-23(19)31)37-25(28-29)36-14-15-6-4-3-5-7-15/h3-13,26H,2,14H2,1H3/b19-12-,26-22?. The molecule has 10 nitrogen and oxygen atoms in total. The molecule has 12 heteroatoms. The quantitative estimate of drug-likeness (QED) is 0.230. The minimum absolute atomic E-state index is 0.00417. The summed E-state index contributed by atoms with van der Waals surface area (Å²) in [7, 11) is 0. The molecule has 37 heavy (non-hydrogen) atoms. The first-order valence-electron chi connectivity index (χ1n) is 11.1. The van der Waals surface area contributed by atoms with Crippen LogP contribution in [-0.4, -0.2) is 37.8 Å². The summed E-state index contributed by atoms with van der Waals surface area (Å²) >= 11 is 2.74. The van der Waals surface area contributed by atoms with Crippen LogP contribution in [0.15, 0.2) is 80.7 Å². The van der Waals surface area contributed by atoms with Gasteiger partial charge in [-0.25, -0.2) is 0 Å². The summed E-state index contributed by atoms with van der Waals surface area (Å²) in [6.45, 7) is 2.17. The van der Waals surface area contributed by atoms with Gasteiger partial charge in [0.25, 0.3) is 11.6 Å². The Hall–Kier alpha value is -4.16. The summed E-state index contributed by atoms with van der Waals surface area (Å²) in [5, 5.41) is 26.3. The van der Waals surface area contributed by atoms with Crippen molar-refractivity contribution in [3.8, 4) is 17.1 Å². The second kappa shape index (κ2) is 10.4. The number of amidine groups is 2. The number of ether oxygens (including phenoxy) is 1. The number of aliphatic imine (C=N–C) groups is 1. The van der Waals surface area contributed by atoms with Crippen molar-refractivity contribution in [2.75, 3.05) is 6.61 Å². The molecule has 0 unspecified atom stereocenters. The zero-order chi connectivity index (χ0) is 25.9. The van der Waals surface area contributed by atoms with E-state index in [0.29, 0.717) is 27.7 Å². The van der Waals surface area contributed by atoms with Crippen LogP contribution in [0.1, 0.15) is 18.2 Å². The van der Waals surface area contributed by atoms with E-state index in [1.165, 1.54) is 40.7 Å². The molecular formula is C25H19N5O5S2. The number of furan rings is 1. The molecule has 0 atom stereocenters. The Kier molecular flexibility index (Phi) is 6.93. The maximum absolute atomic E-state index is 12.7.